The van der Waals surface area contributed by atoms with Gasteiger partial charge in [-0.2, -0.15) is 0 Å². The second-order valence-electron chi connectivity index (χ2n) is 8.37. The predicted molar refractivity (Wildman–Crippen MR) is 116 cm³/mol. The van der Waals surface area contributed by atoms with Crippen molar-refractivity contribution >= 4 is 16.9 Å². The van der Waals surface area contributed by atoms with Gasteiger partial charge in [0, 0.05) is 13.5 Å². The van der Waals surface area contributed by atoms with E-state index in [4.69, 9.17) is 10.7 Å². The lowest BCUT2D eigenvalue weighted by Gasteiger charge is -2.36. The number of carbonyl (C=O) groups excluding carboxylic acids is 1. The minimum atomic E-state index is -0.292. The number of nitrogens with two attached hydrogens (primary N) is 1. The second-order valence-corrected chi connectivity index (χ2v) is 8.37. The van der Waals surface area contributed by atoms with Crippen LogP contribution in [0.5, 0.6) is 0 Å². The molecule has 3 N–H and O–H groups in total. The molecule has 0 spiro atoms. The van der Waals surface area contributed by atoms with E-state index in [-0.39, 0.29) is 17.4 Å². The molecule has 1 aliphatic carbocycles. The van der Waals surface area contributed by atoms with Gasteiger partial charge < -0.3 is 15.6 Å². The molecule has 2 aromatic carbocycles. The van der Waals surface area contributed by atoms with Crippen molar-refractivity contribution in [2.24, 2.45) is 18.2 Å². The number of para-hydroxylation sites is 2. The Bertz CT molecular complexity index is 973. The summed E-state index contributed by atoms with van der Waals surface area (Å²) in [6.07, 6.45) is 6.14. The Labute approximate surface area is 172 Å². The van der Waals surface area contributed by atoms with Crippen molar-refractivity contribution in [3.8, 4) is 0 Å². The molecule has 1 fully saturated rings. The number of carbonyl (C=O) groups is 1. The lowest BCUT2D eigenvalue weighted by molar-refractivity contribution is -0.124. The number of aryl methyl sites for hydroxylation is 1. The third-order valence-electron chi connectivity index (χ3n) is 6.40. The van der Waals surface area contributed by atoms with Crippen LogP contribution < -0.4 is 11.1 Å². The van der Waals surface area contributed by atoms with Crippen LogP contribution in [0.3, 0.4) is 0 Å². The first-order valence-electron chi connectivity index (χ1n) is 10.6. The Morgan fingerprint density at radius 1 is 1.10 bits per heavy atom. The summed E-state index contributed by atoms with van der Waals surface area (Å²) in [5, 5.41) is 3.28. The molecule has 0 radical (unpaired) electrons. The van der Waals surface area contributed by atoms with E-state index in [9.17, 15) is 4.79 Å². The summed E-state index contributed by atoms with van der Waals surface area (Å²) in [6.45, 7) is 0.572. The summed E-state index contributed by atoms with van der Waals surface area (Å²) in [5.74, 6) is 0.898. The maximum Gasteiger partial charge on any atom is 0.221 e. The molecule has 4 rings (SSSR count). The molecule has 1 unspecified atom stereocenters. The Morgan fingerprint density at radius 3 is 2.48 bits per heavy atom. The number of rotatable bonds is 6. The Balaban J connectivity index is 1.64. The number of hydrogen-bond acceptors (Lipinski definition) is 3. The van der Waals surface area contributed by atoms with Crippen LogP contribution in [0.4, 0.5) is 0 Å². The van der Waals surface area contributed by atoms with Crippen LogP contribution in [0.25, 0.3) is 11.0 Å². The SMILES string of the molecule is Cn1c(C(NC(=O)CC2(CN)CCCCC2)c2ccccc2)nc2ccccc21. The predicted octanol–water partition coefficient (Wildman–Crippen LogP) is 4.08. The van der Waals surface area contributed by atoms with Gasteiger partial charge in [0.05, 0.1) is 11.0 Å². The first-order valence-corrected chi connectivity index (χ1v) is 10.6. The molecule has 1 heterocycles. The normalized spacial score (nSPS) is 17.2. The highest BCUT2D eigenvalue weighted by molar-refractivity contribution is 5.79. The number of amides is 1. The Morgan fingerprint density at radius 2 is 1.79 bits per heavy atom. The van der Waals surface area contributed by atoms with Crippen LogP contribution in [0.1, 0.15) is 56.0 Å². The van der Waals surface area contributed by atoms with E-state index in [1.54, 1.807) is 0 Å². The first kappa shape index (κ1) is 19.6. The van der Waals surface area contributed by atoms with Crippen LogP contribution in [-0.4, -0.2) is 22.0 Å². The van der Waals surface area contributed by atoms with Crippen LogP contribution in [-0.2, 0) is 11.8 Å². The highest BCUT2D eigenvalue weighted by Gasteiger charge is 2.34. The molecule has 29 heavy (non-hydrogen) atoms. The maximum atomic E-state index is 13.2. The van der Waals surface area contributed by atoms with Crippen molar-refractivity contribution in [1.29, 1.82) is 0 Å². The smallest absolute Gasteiger partial charge is 0.221 e. The Kier molecular flexibility index (Phi) is 5.67. The average molecular weight is 391 g/mol. The molecular weight excluding hydrogens is 360 g/mol. The van der Waals surface area contributed by atoms with Crippen molar-refractivity contribution < 1.29 is 4.79 Å². The van der Waals surface area contributed by atoms with Crippen molar-refractivity contribution in [3.63, 3.8) is 0 Å². The third kappa shape index (κ3) is 4.06. The van der Waals surface area contributed by atoms with Crippen LogP contribution >= 0.6 is 0 Å². The van der Waals surface area contributed by atoms with Crippen LogP contribution in [0, 0.1) is 5.41 Å². The minimum absolute atomic E-state index is 0.0539. The highest BCUT2D eigenvalue weighted by Crippen LogP contribution is 2.38. The molecule has 152 valence electrons. The number of aromatic nitrogens is 2. The van der Waals surface area contributed by atoms with E-state index in [1.807, 2.05) is 55.6 Å². The third-order valence-corrected chi connectivity index (χ3v) is 6.40. The molecule has 1 saturated carbocycles. The van der Waals surface area contributed by atoms with E-state index in [1.165, 1.54) is 6.42 Å². The van der Waals surface area contributed by atoms with E-state index >= 15 is 0 Å². The van der Waals surface area contributed by atoms with E-state index in [0.717, 1.165) is 48.1 Å². The maximum absolute atomic E-state index is 13.2. The molecule has 3 aromatic rings. The highest BCUT2D eigenvalue weighted by atomic mass is 16.1. The lowest BCUT2D eigenvalue weighted by Crippen LogP contribution is -2.40. The fraction of sp³-hybridized carbons (Fsp3) is 0.417. The average Bonchev–Trinajstić information content (AvgIpc) is 3.10. The Hall–Kier alpha value is -2.66. The summed E-state index contributed by atoms with van der Waals surface area (Å²) in [5.41, 5.74) is 9.09. The summed E-state index contributed by atoms with van der Waals surface area (Å²) < 4.78 is 2.08. The molecule has 0 bridgehead atoms. The molecule has 5 heteroatoms. The van der Waals surface area contributed by atoms with Gasteiger partial charge in [0.15, 0.2) is 0 Å². The van der Waals surface area contributed by atoms with Crippen LogP contribution in [0.15, 0.2) is 54.6 Å². The van der Waals surface area contributed by atoms with Gasteiger partial charge >= 0.3 is 0 Å². The summed E-state index contributed by atoms with van der Waals surface area (Å²) in [4.78, 5) is 18.0. The summed E-state index contributed by atoms with van der Waals surface area (Å²) in [6, 6.07) is 17.9. The van der Waals surface area contributed by atoms with Gasteiger partial charge in [-0.1, -0.05) is 61.7 Å². The summed E-state index contributed by atoms with van der Waals surface area (Å²) >= 11 is 0. The molecule has 1 amide bonds. The van der Waals surface area contributed by atoms with Gasteiger partial charge in [0.2, 0.25) is 5.91 Å². The van der Waals surface area contributed by atoms with Crippen LogP contribution in [0.2, 0.25) is 0 Å². The van der Waals surface area contributed by atoms with E-state index in [0.29, 0.717) is 13.0 Å². The van der Waals surface area contributed by atoms with Gasteiger partial charge in [0.25, 0.3) is 0 Å². The number of imidazole rings is 1. The van der Waals surface area contributed by atoms with Gasteiger partial charge in [0.1, 0.15) is 11.9 Å². The fourth-order valence-electron chi connectivity index (χ4n) is 4.67. The number of hydrogen-bond donors (Lipinski definition) is 2. The molecule has 0 aliphatic heterocycles. The molecule has 1 aliphatic rings. The fourth-order valence-corrected chi connectivity index (χ4v) is 4.67. The minimum Gasteiger partial charge on any atom is -0.342 e. The number of benzene rings is 2. The van der Waals surface area contributed by atoms with Gasteiger partial charge in [-0.3, -0.25) is 4.79 Å². The number of nitrogens with zero attached hydrogens (tertiary/aromatic N) is 2. The molecule has 1 aromatic heterocycles. The van der Waals surface area contributed by atoms with Gasteiger partial charge in [-0.15, -0.1) is 0 Å². The van der Waals surface area contributed by atoms with Crippen molar-refractivity contribution in [1.82, 2.24) is 14.9 Å². The van der Waals surface area contributed by atoms with Gasteiger partial charge in [-0.05, 0) is 42.5 Å². The topological polar surface area (TPSA) is 72.9 Å². The molecule has 5 nitrogen and oxygen atoms in total. The quantitative estimate of drug-likeness (QED) is 0.666. The molecule has 1 atom stereocenters. The second kappa shape index (κ2) is 8.37. The zero-order valence-electron chi connectivity index (χ0n) is 17.1. The largest absolute Gasteiger partial charge is 0.342 e. The first-order chi connectivity index (χ1) is 14.1. The number of nitrogens with one attached hydrogen (secondary N) is 1. The van der Waals surface area contributed by atoms with Crippen molar-refractivity contribution in [3.05, 3.63) is 66.0 Å². The molecular formula is C24H30N4O. The standard InChI is InChI=1S/C24H30N4O/c1-28-20-13-7-6-12-19(20)26-23(28)22(18-10-4-2-5-11-18)27-21(29)16-24(17-25)14-8-3-9-15-24/h2,4-7,10-13,22H,3,8-9,14-17,25H2,1H3,(H,27,29). The molecule has 0 saturated heterocycles. The zero-order chi connectivity index (χ0) is 20.3. The lowest BCUT2D eigenvalue weighted by atomic mass is 9.71. The van der Waals surface area contributed by atoms with E-state index in [2.05, 4.69) is 16.0 Å². The summed E-state index contributed by atoms with van der Waals surface area (Å²) in [7, 11) is 2.01. The van der Waals surface area contributed by atoms with Crippen molar-refractivity contribution in [2.45, 2.75) is 44.6 Å². The van der Waals surface area contributed by atoms with E-state index < -0.39 is 0 Å². The monoisotopic (exact) mass is 390 g/mol. The van der Waals surface area contributed by atoms with Gasteiger partial charge in [-0.25, -0.2) is 4.98 Å². The van der Waals surface area contributed by atoms with Crippen molar-refractivity contribution in [2.75, 3.05) is 6.54 Å². The zero-order valence-corrected chi connectivity index (χ0v) is 17.1. The number of fused-ring (bicyclic) bond motifs is 1.